The van der Waals surface area contributed by atoms with E-state index in [1.165, 1.54) is 31.0 Å². The molecule has 2 aromatic rings. The van der Waals surface area contributed by atoms with Crippen LogP contribution in [0.15, 0.2) is 35.5 Å². The summed E-state index contributed by atoms with van der Waals surface area (Å²) < 4.78 is 2.05. The molecule has 122 valence electrons. The molecule has 1 unspecified atom stereocenters. The molecule has 1 fully saturated rings. The molecule has 0 bridgehead atoms. The zero-order chi connectivity index (χ0) is 16.2. The van der Waals surface area contributed by atoms with Gasteiger partial charge >= 0.3 is 0 Å². The predicted molar refractivity (Wildman–Crippen MR) is 91.5 cm³/mol. The summed E-state index contributed by atoms with van der Waals surface area (Å²) >= 11 is 1.49. The molecule has 5 nitrogen and oxygen atoms in total. The fourth-order valence-corrected chi connectivity index (χ4v) is 3.85. The zero-order valence-corrected chi connectivity index (χ0v) is 14.3. The molecular formula is C17H22N4OS. The molecule has 1 aliphatic rings. The molecule has 23 heavy (non-hydrogen) atoms. The molecule has 3 rings (SSSR count). The molecule has 6 heteroatoms. The van der Waals surface area contributed by atoms with Crippen LogP contribution in [0.4, 0.5) is 0 Å². The van der Waals surface area contributed by atoms with Gasteiger partial charge in [0.15, 0.2) is 5.16 Å². The van der Waals surface area contributed by atoms with E-state index in [1.807, 2.05) is 37.4 Å². The van der Waals surface area contributed by atoms with Crippen LogP contribution in [0.3, 0.4) is 0 Å². The van der Waals surface area contributed by atoms with E-state index < -0.39 is 0 Å². The lowest BCUT2D eigenvalue weighted by Crippen LogP contribution is -2.31. The van der Waals surface area contributed by atoms with E-state index in [0.29, 0.717) is 12.3 Å². The third-order valence-corrected chi connectivity index (χ3v) is 5.62. The topological polar surface area (TPSA) is 59.8 Å². The number of amides is 1. The van der Waals surface area contributed by atoms with Gasteiger partial charge in [0.1, 0.15) is 5.82 Å². The van der Waals surface area contributed by atoms with Gasteiger partial charge in [-0.25, -0.2) is 0 Å². The van der Waals surface area contributed by atoms with Crippen molar-refractivity contribution in [2.45, 2.75) is 42.0 Å². The summed E-state index contributed by atoms with van der Waals surface area (Å²) in [7, 11) is 3.68. The second-order valence-electron chi connectivity index (χ2n) is 5.94. The zero-order valence-electron chi connectivity index (χ0n) is 13.5. The van der Waals surface area contributed by atoms with Gasteiger partial charge in [-0.05, 0) is 24.8 Å². The van der Waals surface area contributed by atoms with Crippen molar-refractivity contribution in [2.24, 2.45) is 7.05 Å². The van der Waals surface area contributed by atoms with E-state index in [2.05, 4.69) is 20.1 Å². The van der Waals surface area contributed by atoms with E-state index >= 15 is 0 Å². The van der Waals surface area contributed by atoms with Crippen LogP contribution in [0, 0.1) is 0 Å². The molecule has 0 spiro atoms. The van der Waals surface area contributed by atoms with E-state index in [-0.39, 0.29) is 11.2 Å². The Kier molecular flexibility index (Phi) is 5.00. The number of hydrogen-bond acceptors (Lipinski definition) is 4. The molecule has 1 saturated carbocycles. The number of nitrogens with one attached hydrogen (secondary N) is 1. The fourth-order valence-electron chi connectivity index (χ4n) is 2.76. The highest BCUT2D eigenvalue weighted by Crippen LogP contribution is 2.36. The quantitative estimate of drug-likeness (QED) is 0.827. The summed E-state index contributed by atoms with van der Waals surface area (Å²) in [6, 6.07) is 10.1. The van der Waals surface area contributed by atoms with Crippen LogP contribution in [-0.2, 0) is 18.3 Å². The van der Waals surface area contributed by atoms with Gasteiger partial charge in [0.25, 0.3) is 0 Å². The summed E-state index contributed by atoms with van der Waals surface area (Å²) in [6.07, 6.45) is 4.34. The SMILES string of the molecule is CNC(=O)C(Cc1ccccc1)Sc1nnc(C2CCC2)n1C. The number of thioether (sulfide) groups is 1. The van der Waals surface area contributed by atoms with Crippen molar-refractivity contribution in [1.29, 1.82) is 0 Å². The van der Waals surface area contributed by atoms with Gasteiger partial charge in [0.2, 0.25) is 5.91 Å². The smallest absolute Gasteiger partial charge is 0.233 e. The van der Waals surface area contributed by atoms with Gasteiger partial charge in [-0.1, -0.05) is 48.5 Å². The minimum Gasteiger partial charge on any atom is -0.358 e. The highest BCUT2D eigenvalue weighted by Gasteiger charge is 2.27. The maximum Gasteiger partial charge on any atom is 0.233 e. The first-order valence-electron chi connectivity index (χ1n) is 8.00. The Morgan fingerprint density at radius 2 is 2.09 bits per heavy atom. The number of nitrogens with zero attached hydrogens (tertiary/aromatic N) is 3. The molecule has 1 heterocycles. The Balaban J connectivity index is 1.75. The Morgan fingerprint density at radius 1 is 1.35 bits per heavy atom. The number of hydrogen-bond donors (Lipinski definition) is 1. The summed E-state index contributed by atoms with van der Waals surface area (Å²) in [6.45, 7) is 0. The molecule has 1 amide bonds. The molecule has 0 aliphatic heterocycles. The van der Waals surface area contributed by atoms with Crippen LogP contribution in [0.5, 0.6) is 0 Å². The third-order valence-electron chi connectivity index (χ3n) is 4.39. The van der Waals surface area contributed by atoms with Gasteiger partial charge in [0.05, 0.1) is 5.25 Å². The van der Waals surface area contributed by atoms with E-state index in [1.54, 1.807) is 7.05 Å². The van der Waals surface area contributed by atoms with Crippen LogP contribution in [0.25, 0.3) is 0 Å². The second-order valence-corrected chi connectivity index (χ2v) is 7.11. The van der Waals surface area contributed by atoms with Crippen LogP contribution in [0.1, 0.15) is 36.6 Å². The molecule has 0 radical (unpaired) electrons. The normalized spacial score (nSPS) is 15.9. The van der Waals surface area contributed by atoms with Crippen molar-refractivity contribution in [1.82, 2.24) is 20.1 Å². The first-order valence-corrected chi connectivity index (χ1v) is 8.88. The van der Waals surface area contributed by atoms with Crippen molar-refractivity contribution < 1.29 is 4.79 Å². The number of rotatable bonds is 6. The predicted octanol–water partition coefficient (Wildman–Crippen LogP) is 2.53. The summed E-state index contributed by atoms with van der Waals surface area (Å²) in [5.41, 5.74) is 1.15. The largest absolute Gasteiger partial charge is 0.358 e. The van der Waals surface area contributed by atoms with E-state index in [4.69, 9.17) is 0 Å². The molecular weight excluding hydrogens is 308 g/mol. The van der Waals surface area contributed by atoms with Gasteiger partial charge in [0, 0.05) is 20.0 Å². The van der Waals surface area contributed by atoms with Gasteiger partial charge in [-0.15, -0.1) is 10.2 Å². The molecule has 1 aromatic carbocycles. The standard InChI is InChI=1S/C17H22N4OS/c1-18-16(22)14(11-12-7-4-3-5-8-12)23-17-20-19-15(21(17)2)13-9-6-10-13/h3-5,7-8,13-14H,6,9-11H2,1-2H3,(H,18,22). The summed E-state index contributed by atoms with van der Waals surface area (Å²) in [4.78, 5) is 12.3. The first-order chi connectivity index (χ1) is 11.2. The number of aromatic nitrogens is 3. The summed E-state index contributed by atoms with van der Waals surface area (Å²) in [5, 5.41) is 12.0. The molecule has 1 aromatic heterocycles. The number of carbonyl (C=O) groups is 1. The highest BCUT2D eigenvalue weighted by molar-refractivity contribution is 8.00. The highest BCUT2D eigenvalue weighted by atomic mass is 32.2. The van der Waals surface area contributed by atoms with Crippen molar-refractivity contribution in [3.8, 4) is 0 Å². The van der Waals surface area contributed by atoms with Gasteiger partial charge < -0.3 is 9.88 Å². The summed E-state index contributed by atoms with van der Waals surface area (Å²) in [5.74, 6) is 1.61. The Hall–Kier alpha value is -1.82. The van der Waals surface area contributed by atoms with Crippen LogP contribution in [0.2, 0.25) is 0 Å². The maximum absolute atomic E-state index is 12.3. The molecule has 1 N–H and O–H groups in total. The Morgan fingerprint density at radius 3 is 2.70 bits per heavy atom. The number of carbonyl (C=O) groups excluding carboxylic acids is 1. The lowest BCUT2D eigenvalue weighted by atomic mass is 9.85. The Labute approximate surface area is 140 Å². The van der Waals surface area contributed by atoms with Crippen LogP contribution in [-0.4, -0.2) is 33.0 Å². The second kappa shape index (κ2) is 7.17. The van der Waals surface area contributed by atoms with Crippen molar-refractivity contribution in [2.75, 3.05) is 7.05 Å². The third kappa shape index (κ3) is 3.58. The van der Waals surface area contributed by atoms with E-state index in [9.17, 15) is 4.79 Å². The van der Waals surface area contributed by atoms with Crippen molar-refractivity contribution in [3.05, 3.63) is 41.7 Å². The molecule has 1 atom stereocenters. The monoisotopic (exact) mass is 330 g/mol. The minimum absolute atomic E-state index is 0.0204. The molecule has 0 saturated heterocycles. The average molecular weight is 330 g/mol. The molecule has 1 aliphatic carbocycles. The fraction of sp³-hybridized carbons (Fsp3) is 0.471. The minimum atomic E-state index is -0.209. The van der Waals surface area contributed by atoms with Crippen molar-refractivity contribution in [3.63, 3.8) is 0 Å². The Bertz CT molecular complexity index is 666. The lowest BCUT2D eigenvalue weighted by molar-refractivity contribution is -0.120. The van der Waals surface area contributed by atoms with Gasteiger partial charge in [-0.2, -0.15) is 0 Å². The maximum atomic E-state index is 12.3. The number of benzene rings is 1. The van der Waals surface area contributed by atoms with Crippen LogP contribution >= 0.6 is 11.8 Å². The average Bonchev–Trinajstić information content (AvgIpc) is 2.87. The first kappa shape index (κ1) is 16.1. The van der Waals surface area contributed by atoms with Crippen LogP contribution < -0.4 is 5.32 Å². The van der Waals surface area contributed by atoms with Gasteiger partial charge in [-0.3, -0.25) is 4.79 Å². The van der Waals surface area contributed by atoms with Crippen molar-refractivity contribution >= 4 is 17.7 Å². The lowest BCUT2D eigenvalue weighted by Gasteiger charge is -2.24. The van der Waals surface area contributed by atoms with E-state index in [0.717, 1.165) is 16.5 Å².